The average molecular weight is 177 g/mol. The van der Waals surface area contributed by atoms with Gasteiger partial charge in [0.25, 0.3) is 0 Å². The predicted molar refractivity (Wildman–Crippen MR) is 47.5 cm³/mol. The lowest BCUT2D eigenvalue weighted by Crippen LogP contribution is -1.88. The standard InChI is InChI=1S/C8H7N3O2/c1-5-2-3-6-7(4-5)10-8(9-6)11(12)13/h2-4H,1H3,(H,9,10). The number of nitrogens with one attached hydrogen (secondary N) is 1. The molecular formula is C8H7N3O2. The van der Waals surface area contributed by atoms with Gasteiger partial charge in [-0.15, -0.1) is 0 Å². The van der Waals surface area contributed by atoms with Crippen molar-refractivity contribution in [1.29, 1.82) is 0 Å². The van der Waals surface area contributed by atoms with Gasteiger partial charge in [-0.1, -0.05) is 11.1 Å². The first-order valence-corrected chi connectivity index (χ1v) is 3.77. The van der Waals surface area contributed by atoms with Gasteiger partial charge in [0, 0.05) is 0 Å². The summed E-state index contributed by atoms with van der Waals surface area (Å²) in [6.07, 6.45) is 0. The highest BCUT2D eigenvalue weighted by Gasteiger charge is 2.12. The highest BCUT2D eigenvalue weighted by Crippen LogP contribution is 2.16. The molecule has 0 fully saturated rings. The Balaban J connectivity index is 2.68. The highest BCUT2D eigenvalue weighted by molar-refractivity contribution is 5.77. The quantitative estimate of drug-likeness (QED) is 0.533. The Morgan fingerprint density at radius 1 is 1.54 bits per heavy atom. The average Bonchev–Trinajstić information content (AvgIpc) is 2.46. The summed E-state index contributed by atoms with van der Waals surface area (Å²) in [5.74, 6) is -0.208. The fraction of sp³-hybridized carbons (Fsp3) is 0.125. The first kappa shape index (κ1) is 7.72. The van der Waals surface area contributed by atoms with Gasteiger partial charge in [0.1, 0.15) is 5.52 Å². The van der Waals surface area contributed by atoms with Crippen molar-refractivity contribution in [2.45, 2.75) is 6.92 Å². The number of hydrogen-bond acceptors (Lipinski definition) is 3. The van der Waals surface area contributed by atoms with Crippen molar-refractivity contribution in [2.75, 3.05) is 0 Å². The molecule has 0 bridgehead atoms. The molecule has 1 heterocycles. The van der Waals surface area contributed by atoms with Crippen LogP contribution in [-0.2, 0) is 0 Å². The lowest BCUT2D eigenvalue weighted by molar-refractivity contribution is -0.393. The first-order chi connectivity index (χ1) is 6.16. The summed E-state index contributed by atoms with van der Waals surface area (Å²) in [7, 11) is 0. The summed E-state index contributed by atoms with van der Waals surface area (Å²) >= 11 is 0. The number of nitrogens with zero attached hydrogens (tertiary/aromatic N) is 2. The monoisotopic (exact) mass is 177 g/mol. The molecule has 0 saturated heterocycles. The molecule has 0 saturated carbocycles. The zero-order valence-electron chi connectivity index (χ0n) is 6.94. The fourth-order valence-corrected chi connectivity index (χ4v) is 1.19. The second kappa shape index (κ2) is 2.55. The molecule has 0 amide bonds. The lowest BCUT2D eigenvalue weighted by atomic mass is 10.2. The molecule has 0 aliphatic rings. The zero-order valence-corrected chi connectivity index (χ0v) is 6.94. The number of aromatic nitrogens is 2. The van der Waals surface area contributed by atoms with Crippen LogP contribution >= 0.6 is 0 Å². The number of aromatic amines is 1. The number of hydrogen-bond donors (Lipinski definition) is 1. The first-order valence-electron chi connectivity index (χ1n) is 3.77. The Bertz CT molecular complexity index is 475. The number of H-pyrrole nitrogens is 1. The second-order valence-electron chi connectivity index (χ2n) is 2.84. The number of aryl methyl sites for hydroxylation is 1. The van der Waals surface area contributed by atoms with Crippen molar-refractivity contribution >= 4 is 17.0 Å². The van der Waals surface area contributed by atoms with Gasteiger partial charge in [-0.2, -0.15) is 0 Å². The maximum Gasteiger partial charge on any atom is 0.433 e. The fourth-order valence-electron chi connectivity index (χ4n) is 1.19. The van der Waals surface area contributed by atoms with Crippen LogP contribution in [0.3, 0.4) is 0 Å². The Labute approximate surface area is 73.6 Å². The number of benzene rings is 1. The van der Waals surface area contributed by atoms with E-state index in [4.69, 9.17) is 0 Å². The largest absolute Gasteiger partial charge is 0.433 e. The third-order valence-electron chi connectivity index (χ3n) is 1.80. The summed E-state index contributed by atoms with van der Waals surface area (Å²) < 4.78 is 0. The van der Waals surface area contributed by atoms with E-state index in [1.54, 1.807) is 12.1 Å². The zero-order chi connectivity index (χ0) is 9.42. The summed E-state index contributed by atoms with van der Waals surface area (Å²) in [5.41, 5.74) is 2.36. The maximum atomic E-state index is 10.4. The van der Waals surface area contributed by atoms with Crippen LogP contribution in [0, 0.1) is 17.0 Å². The molecular weight excluding hydrogens is 170 g/mol. The molecule has 13 heavy (non-hydrogen) atoms. The Morgan fingerprint density at radius 2 is 2.31 bits per heavy atom. The van der Waals surface area contributed by atoms with Crippen LogP contribution in [0.4, 0.5) is 5.95 Å². The van der Waals surface area contributed by atoms with E-state index in [-0.39, 0.29) is 5.95 Å². The van der Waals surface area contributed by atoms with Gasteiger partial charge in [-0.05, 0) is 29.5 Å². The molecule has 1 aromatic carbocycles. The maximum absolute atomic E-state index is 10.4. The predicted octanol–water partition coefficient (Wildman–Crippen LogP) is 1.78. The van der Waals surface area contributed by atoms with Crippen molar-refractivity contribution in [1.82, 2.24) is 9.97 Å². The summed E-state index contributed by atoms with van der Waals surface area (Å²) in [4.78, 5) is 16.3. The summed E-state index contributed by atoms with van der Waals surface area (Å²) in [5, 5.41) is 10.4. The second-order valence-corrected chi connectivity index (χ2v) is 2.84. The van der Waals surface area contributed by atoms with Gasteiger partial charge in [0.05, 0.1) is 0 Å². The van der Waals surface area contributed by atoms with E-state index in [2.05, 4.69) is 9.97 Å². The van der Waals surface area contributed by atoms with Crippen LogP contribution in [0.15, 0.2) is 18.2 Å². The Kier molecular flexibility index (Phi) is 1.51. The lowest BCUT2D eigenvalue weighted by Gasteiger charge is -1.85. The summed E-state index contributed by atoms with van der Waals surface area (Å²) in [6.45, 7) is 1.92. The minimum atomic E-state index is -0.532. The molecule has 5 nitrogen and oxygen atoms in total. The third kappa shape index (κ3) is 1.24. The molecule has 0 atom stereocenters. The van der Waals surface area contributed by atoms with E-state index < -0.39 is 4.92 Å². The molecule has 1 aromatic heterocycles. The van der Waals surface area contributed by atoms with Gasteiger partial charge in [-0.25, -0.2) is 4.98 Å². The van der Waals surface area contributed by atoms with Crippen LogP contribution in [0.25, 0.3) is 11.0 Å². The van der Waals surface area contributed by atoms with Crippen LogP contribution in [0.5, 0.6) is 0 Å². The SMILES string of the molecule is Cc1ccc2[nH]c([N+](=O)[O-])nc2c1. The number of nitro groups is 1. The smallest absolute Gasteiger partial charge is 0.390 e. The number of rotatable bonds is 1. The summed E-state index contributed by atoms with van der Waals surface area (Å²) in [6, 6.07) is 5.47. The van der Waals surface area contributed by atoms with Crippen LogP contribution < -0.4 is 0 Å². The van der Waals surface area contributed by atoms with Crippen molar-refractivity contribution in [3.63, 3.8) is 0 Å². The van der Waals surface area contributed by atoms with E-state index >= 15 is 0 Å². The Hall–Kier alpha value is -1.91. The van der Waals surface area contributed by atoms with Gasteiger partial charge in [-0.3, -0.25) is 0 Å². The van der Waals surface area contributed by atoms with E-state index in [0.29, 0.717) is 11.0 Å². The highest BCUT2D eigenvalue weighted by atomic mass is 16.6. The number of fused-ring (bicyclic) bond motifs is 1. The van der Waals surface area contributed by atoms with Crippen LogP contribution in [-0.4, -0.2) is 14.9 Å². The Morgan fingerprint density at radius 3 is 3.00 bits per heavy atom. The topological polar surface area (TPSA) is 71.8 Å². The van der Waals surface area contributed by atoms with Crippen molar-refractivity contribution in [3.05, 3.63) is 33.9 Å². The minimum Gasteiger partial charge on any atom is -0.390 e. The molecule has 5 heteroatoms. The third-order valence-corrected chi connectivity index (χ3v) is 1.80. The van der Waals surface area contributed by atoms with E-state index in [1.807, 2.05) is 13.0 Å². The molecule has 1 N–H and O–H groups in total. The normalized spacial score (nSPS) is 10.5. The molecule has 0 unspecified atom stereocenters. The van der Waals surface area contributed by atoms with E-state index in [1.165, 1.54) is 0 Å². The van der Waals surface area contributed by atoms with Gasteiger partial charge in [0.15, 0.2) is 5.52 Å². The molecule has 0 aliphatic carbocycles. The van der Waals surface area contributed by atoms with E-state index in [9.17, 15) is 10.1 Å². The van der Waals surface area contributed by atoms with Gasteiger partial charge >= 0.3 is 5.95 Å². The van der Waals surface area contributed by atoms with Crippen LogP contribution in [0.1, 0.15) is 5.56 Å². The molecule has 66 valence electrons. The molecule has 2 aromatic rings. The minimum absolute atomic E-state index is 0.208. The molecule has 0 aliphatic heterocycles. The van der Waals surface area contributed by atoms with Crippen molar-refractivity contribution in [3.8, 4) is 0 Å². The molecule has 2 rings (SSSR count). The van der Waals surface area contributed by atoms with Crippen LogP contribution in [0.2, 0.25) is 0 Å². The van der Waals surface area contributed by atoms with Gasteiger partial charge in [0.2, 0.25) is 0 Å². The number of imidazole rings is 1. The van der Waals surface area contributed by atoms with Gasteiger partial charge < -0.3 is 10.1 Å². The van der Waals surface area contributed by atoms with Crippen molar-refractivity contribution in [2.24, 2.45) is 0 Å². The molecule has 0 spiro atoms. The molecule has 0 radical (unpaired) electrons. The van der Waals surface area contributed by atoms with Crippen molar-refractivity contribution < 1.29 is 4.92 Å². The van der Waals surface area contributed by atoms with E-state index in [0.717, 1.165) is 5.56 Å².